The van der Waals surface area contributed by atoms with Crippen LogP contribution in [0, 0.1) is 0 Å². The first kappa shape index (κ1) is 16.8. The fraction of sp³-hybridized carbons (Fsp3) is 0.471. The molecule has 0 bridgehead atoms. The van der Waals surface area contributed by atoms with E-state index in [-0.39, 0.29) is 10.7 Å². The Morgan fingerprint density at radius 1 is 1.25 bits per heavy atom. The van der Waals surface area contributed by atoms with Gasteiger partial charge in [0, 0.05) is 15.7 Å². The fourth-order valence-corrected chi connectivity index (χ4v) is 3.10. The summed E-state index contributed by atoms with van der Waals surface area (Å²) >= 11 is 1.92. The van der Waals surface area contributed by atoms with Crippen LogP contribution in [0.25, 0.3) is 0 Å². The number of esters is 1. The van der Waals surface area contributed by atoms with Crippen LogP contribution in [0.2, 0.25) is 0 Å². The number of hydrogen-bond acceptors (Lipinski definition) is 3. The van der Waals surface area contributed by atoms with Crippen LogP contribution >= 0.6 is 11.8 Å². The second-order valence-corrected chi connectivity index (χ2v) is 7.14. The third-order valence-electron chi connectivity index (χ3n) is 2.97. The summed E-state index contributed by atoms with van der Waals surface area (Å²) in [5, 5.41) is 0. The van der Waals surface area contributed by atoms with E-state index in [1.165, 1.54) is 11.0 Å². The van der Waals surface area contributed by atoms with Crippen molar-refractivity contribution in [2.24, 2.45) is 0 Å². The molecule has 0 aliphatic heterocycles. The third-order valence-corrected chi connectivity index (χ3v) is 4.24. The van der Waals surface area contributed by atoms with Gasteiger partial charge in [0.15, 0.2) is 0 Å². The van der Waals surface area contributed by atoms with Crippen molar-refractivity contribution >= 4 is 17.7 Å². The number of carbonyl (C=O) groups is 1. The Hall–Kier alpha value is -1.22. The summed E-state index contributed by atoms with van der Waals surface area (Å²) in [5.41, 5.74) is 0. The fourth-order valence-electron chi connectivity index (χ4n) is 1.92. The van der Waals surface area contributed by atoms with E-state index in [4.69, 9.17) is 4.74 Å². The van der Waals surface area contributed by atoms with Crippen molar-refractivity contribution in [3.05, 3.63) is 43.0 Å². The van der Waals surface area contributed by atoms with Crippen LogP contribution in [0.15, 0.2) is 47.9 Å². The quantitative estimate of drug-likeness (QED) is 0.282. The van der Waals surface area contributed by atoms with Gasteiger partial charge in [-0.25, -0.2) is 4.79 Å². The summed E-state index contributed by atoms with van der Waals surface area (Å²) in [5.74, 6) is -0.329. The first-order valence-electron chi connectivity index (χ1n) is 7.07. The Kier molecular flexibility index (Phi) is 7.45. The zero-order valence-electron chi connectivity index (χ0n) is 12.4. The first-order chi connectivity index (χ1) is 9.53. The minimum absolute atomic E-state index is 0.235. The molecule has 2 nitrogen and oxygen atoms in total. The predicted octanol–water partition coefficient (Wildman–Crippen LogP) is 4.85. The molecule has 0 saturated heterocycles. The number of carbonyl (C=O) groups excluding carboxylic acids is 1. The molecule has 0 aliphatic rings. The maximum absolute atomic E-state index is 10.9. The van der Waals surface area contributed by atoms with Gasteiger partial charge in [0.2, 0.25) is 0 Å². The Bertz CT molecular complexity index is 412. The van der Waals surface area contributed by atoms with Gasteiger partial charge in [0.1, 0.15) is 0 Å². The molecule has 20 heavy (non-hydrogen) atoms. The molecule has 0 atom stereocenters. The number of hydrogen-bond donors (Lipinski definition) is 0. The molecule has 1 aromatic rings. The third kappa shape index (κ3) is 7.39. The van der Waals surface area contributed by atoms with Crippen LogP contribution in [0.4, 0.5) is 0 Å². The summed E-state index contributed by atoms with van der Waals surface area (Å²) in [6, 6.07) is 10.5. The van der Waals surface area contributed by atoms with Crippen molar-refractivity contribution in [3.8, 4) is 0 Å². The monoisotopic (exact) mass is 292 g/mol. The van der Waals surface area contributed by atoms with E-state index < -0.39 is 0 Å². The Morgan fingerprint density at radius 3 is 2.60 bits per heavy atom. The molecule has 0 spiro atoms. The average molecular weight is 292 g/mol. The SMILES string of the molecule is C=CC(=O)OCCCCCC(C)(C)Sc1ccccc1. The molecule has 0 radical (unpaired) electrons. The molecule has 0 N–H and O–H groups in total. The predicted molar refractivity (Wildman–Crippen MR) is 86.0 cm³/mol. The lowest BCUT2D eigenvalue weighted by Crippen LogP contribution is -2.14. The zero-order valence-corrected chi connectivity index (χ0v) is 13.2. The van der Waals surface area contributed by atoms with E-state index in [1.54, 1.807) is 0 Å². The van der Waals surface area contributed by atoms with Gasteiger partial charge in [0.25, 0.3) is 0 Å². The van der Waals surface area contributed by atoms with Gasteiger partial charge >= 0.3 is 5.97 Å². The zero-order chi connectivity index (χ0) is 14.8. The highest BCUT2D eigenvalue weighted by Gasteiger charge is 2.18. The van der Waals surface area contributed by atoms with Crippen molar-refractivity contribution in [2.45, 2.75) is 49.2 Å². The van der Waals surface area contributed by atoms with Crippen LogP contribution in [-0.4, -0.2) is 17.3 Å². The van der Waals surface area contributed by atoms with Gasteiger partial charge < -0.3 is 4.74 Å². The minimum atomic E-state index is -0.329. The molecule has 0 amide bonds. The normalized spacial score (nSPS) is 11.1. The first-order valence-corrected chi connectivity index (χ1v) is 7.88. The van der Waals surface area contributed by atoms with Crippen LogP contribution in [0.3, 0.4) is 0 Å². The summed E-state index contributed by atoms with van der Waals surface area (Å²) in [4.78, 5) is 12.2. The van der Waals surface area contributed by atoms with Crippen LogP contribution < -0.4 is 0 Å². The number of thioether (sulfide) groups is 1. The van der Waals surface area contributed by atoms with Gasteiger partial charge in [0.05, 0.1) is 6.61 Å². The average Bonchev–Trinajstić information content (AvgIpc) is 2.43. The van der Waals surface area contributed by atoms with Crippen LogP contribution in [0.1, 0.15) is 39.5 Å². The van der Waals surface area contributed by atoms with Gasteiger partial charge in [-0.15, -0.1) is 11.8 Å². The van der Waals surface area contributed by atoms with Crippen molar-refractivity contribution in [3.63, 3.8) is 0 Å². The van der Waals surface area contributed by atoms with Gasteiger partial charge in [-0.3, -0.25) is 0 Å². The molecule has 110 valence electrons. The van der Waals surface area contributed by atoms with Crippen LogP contribution in [0.5, 0.6) is 0 Å². The van der Waals surface area contributed by atoms with Crippen molar-refractivity contribution in [1.29, 1.82) is 0 Å². The maximum atomic E-state index is 10.9. The maximum Gasteiger partial charge on any atom is 0.330 e. The lowest BCUT2D eigenvalue weighted by Gasteiger charge is -2.24. The van der Waals surface area contributed by atoms with Crippen LogP contribution in [-0.2, 0) is 9.53 Å². The second kappa shape index (κ2) is 8.85. The lowest BCUT2D eigenvalue weighted by atomic mass is 10.0. The highest BCUT2D eigenvalue weighted by molar-refractivity contribution is 8.00. The van der Waals surface area contributed by atoms with Crippen molar-refractivity contribution < 1.29 is 9.53 Å². The van der Waals surface area contributed by atoms with Gasteiger partial charge in [-0.1, -0.05) is 51.5 Å². The van der Waals surface area contributed by atoms with Crippen molar-refractivity contribution in [2.75, 3.05) is 6.61 Å². The number of benzene rings is 1. The second-order valence-electron chi connectivity index (χ2n) is 5.36. The smallest absolute Gasteiger partial charge is 0.330 e. The molecule has 3 heteroatoms. The van der Waals surface area contributed by atoms with E-state index in [0.717, 1.165) is 25.7 Å². The van der Waals surface area contributed by atoms with E-state index in [2.05, 4.69) is 44.7 Å². The number of ether oxygens (including phenoxy) is 1. The highest BCUT2D eigenvalue weighted by Crippen LogP contribution is 2.36. The molecular weight excluding hydrogens is 268 g/mol. The Balaban J connectivity index is 2.17. The number of unbranched alkanes of at least 4 members (excludes halogenated alkanes) is 2. The topological polar surface area (TPSA) is 26.3 Å². The van der Waals surface area contributed by atoms with E-state index >= 15 is 0 Å². The minimum Gasteiger partial charge on any atom is -0.463 e. The Labute approximate surface area is 126 Å². The van der Waals surface area contributed by atoms with Gasteiger partial charge in [-0.2, -0.15) is 0 Å². The molecule has 0 unspecified atom stereocenters. The molecule has 0 aromatic heterocycles. The van der Waals surface area contributed by atoms with E-state index in [9.17, 15) is 4.79 Å². The molecule has 0 aliphatic carbocycles. The molecule has 0 heterocycles. The summed E-state index contributed by atoms with van der Waals surface area (Å²) in [7, 11) is 0. The molecule has 1 rings (SSSR count). The molecule has 0 saturated carbocycles. The molecule has 0 fully saturated rings. The summed E-state index contributed by atoms with van der Waals surface area (Å²) in [6.07, 6.45) is 5.52. The number of rotatable bonds is 9. The summed E-state index contributed by atoms with van der Waals surface area (Å²) < 4.78 is 5.19. The largest absolute Gasteiger partial charge is 0.463 e. The van der Waals surface area contributed by atoms with Gasteiger partial charge in [-0.05, 0) is 25.0 Å². The van der Waals surface area contributed by atoms with E-state index in [0.29, 0.717) is 6.61 Å². The summed E-state index contributed by atoms with van der Waals surface area (Å²) in [6.45, 7) is 8.43. The molecular formula is C17H24O2S. The van der Waals surface area contributed by atoms with E-state index in [1.807, 2.05) is 17.8 Å². The highest BCUT2D eigenvalue weighted by atomic mass is 32.2. The van der Waals surface area contributed by atoms with Crippen molar-refractivity contribution in [1.82, 2.24) is 0 Å². The standard InChI is InChI=1S/C17H24O2S/c1-4-16(18)19-14-10-6-9-13-17(2,3)20-15-11-7-5-8-12-15/h4-5,7-8,11-12H,1,6,9-10,13-14H2,2-3H3. The molecule has 1 aromatic carbocycles. The lowest BCUT2D eigenvalue weighted by molar-refractivity contribution is -0.137. The Morgan fingerprint density at radius 2 is 1.95 bits per heavy atom.